The summed E-state index contributed by atoms with van der Waals surface area (Å²) in [5, 5.41) is 0. The summed E-state index contributed by atoms with van der Waals surface area (Å²) < 4.78 is 33.2. The maximum atomic E-state index is 10.2. The van der Waals surface area contributed by atoms with Crippen LogP contribution in [0.1, 0.15) is 0 Å². The second-order valence-electron chi connectivity index (χ2n) is 1.89. The summed E-state index contributed by atoms with van der Waals surface area (Å²) in [5.74, 6) is -0.763. The standard InChI is InChI=1S/C5H6N2O4S.Na.H/c8-12(9,10)4-11-5-3-6-1-2-7-5;;/h1-3H,4H2,(H,8,9,10);;. The van der Waals surface area contributed by atoms with Crippen molar-refractivity contribution < 1.29 is 17.7 Å². The molecule has 1 N–H and O–H groups in total. The zero-order valence-electron chi connectivity index (χ0n) is 5.91. The molecule has 0 saturated heterocycles. The van der Waals surface area contributed by atoms with Crippen LogP contribution >= 0.6 is 0 Å². The van der Waals surface area contributed by atoms with Crippen molar-refractivity contribution in [2.45, 2.75) is 0 Å². The van der Waals surface area contributed by atoms with Crippen LogP contribution in [0.5, 0.6) is 5.88 Å². The molecule has 0 aliphatic carbocycles. The Kier molecular flexibility index (Phi) is 5.42. The van der Waals surface area contributed by atoms with E-state index in [2.05, 4.69) is 14.7 Å². The van der Waals surface area contributed by atoms with Crippen molar-refractivity contribution in [1.29, 1.82) is 0 Å². The van der Waals surface area contributed by atoms with Crippen LogP contribution in [0.4, 0.5) is 0 Å². The monoisotopic (exact) mass is 214 g/mol. The molecule has 6 nitrogen and oxygen atoms in total. The molecule has 13 heavy (non-hydrogen) atoms. The molecular weight excluding hydrogens is 207 g/mol. The van der Waals surface area contributed by atoms with E-state index in [1.54, 1.807) is 0 Å². The van der Waals surface area contributed by atoms with Crippen molar-refractivity contribution >= 4 is 39.7 Å². The van der Waals surface area contributed by atoms with Gasteiger partial charge in [0.05, 0.1) is 6.20 Å². The number of aromatic nitrogens is 2. The van der Waals surface area contributed by atoms with E-state index < -0.39 is 16.1 Å². The van der Waals surface area contributed by atoms with Crippen molar-refractivity contribution in [2.75, 3.05) is 5.94 Å². The van der Waals surface area contributed by atoms with Gasteiger partial charge in [-0.3, -0.25) is 9.54 Å². The molecule has 0 aliphatic rings. The minimum absolute atomic E-state index is 0. The molecule has 1 rings (SSSR count). The molecule has 0 saturated carbocycles. The zero-order valence-corrected chi connectivity index (χ0v) is 6.73. The summed E-state index contributed by atoms with van der Waals surface area (Å²) in [5.41, 5.74) is 0. The van der Waals surface area contributed by atoms with Crippen LogP contribution in [-0.2, 0) is 10.1 Å². The van der Waals surface area contributed by atoms with Crippen LogP contribution < -0.4 is 4.74 Å². The fourth-order valence-corrected chi connectivity index (χ4v) is 0.764. The molecule has 1 aromatic rings. The van der Waals surface area contributed by atoms with Crippen molar-refractivity contribution in [3.8, 4) is 5.88 Å². The minimum atomic E-state index is -4.11. The van der Waals surface area contributed by atoms with Gasteiger partial charge < -0.3 is 4.74 Å². The van der Waals surface area contributed by atoms with E-state index in [9.17, 15) is 8.42 Å². The summed E-state index contributed by atoms with van der Waals surface area (Å²) in [6, 6.07) is 0. The molecule has 0 unspecified atom stereocenters. The summed E-state index contributed by atoms with van der Waals surface area (Å²) in [7, 11) is -4.11. The van der Waals surface area contributed by atoms with Gasteiger partial charge in [0.25, 0.3) is 0 Å². The summed E-state index contributed by atoms with van der Waals surface area (Å²) in [6.07, 6.45) is 4.00. The predicted molar refractivity (Wildman–Crippen MR) is 46.2 cm³/mol. The quantitative estimate of drug-likeness (QED) is 0.515. The third-order valence-corrected chi connectivity index (χ3v) is 1.31. The first kappa shape index (κ1) is 12.8. The molecule has 0 fully saturated rings. The number of rotatable bonds is 3. The van der Waals surface area contributed by atoms with Gasteiger partial charge in [0, 0.05) is 12.4 Å². The van der Waals surface area contributed by atoms with Crippen molar-refractivity contribution in [1.82, 2.24) is 9.97 Å². The molecule has 0 amide bonds. The van der Waals surface area contributed by atoms with Crippen molar-refractivity contribution in [3.63, 3.8) is 0 Å². The van der Waals surface area contributed by atoms with Gasteiger partial charge in [-0.05, 0) is 0 Å². The molecule has 0 spiro atoms. The van der Waals surface area contributed by atoms with Gasteiger partial charge in [-0.2, -0.15) is 8.42 Å². The molecule has 0 aromatic carbocycles. The Labute approximate surface area is 97.4 Å². The van der Waals surface area contributed by atoms with Crippen LogP contribution in [0.15, 0.2) is 18.6 Å². The first-order valence-corrected chi connectivity index (χ1v) is 4.53. The van der Waals surface area contributed by atoms with Crippen LogP contribution in [0.3, 0.4) is 0 Å². The van der Waals surface area contributed by atoms with Gasteiger partial charge in [0.2, 0.25) is 11.8 Å². The van der Waals surface area contributed by atoms with Gasteiger partial charge >= 0.3 is 39.7 Å². The molecule has 0 bridgehead atoms. The predicted octanol–water partition coefficient (Wildman–Crippen LogP) is -0.948. The normalized spacial score (nSPS) is 10.2. The van der Waals surface area contributed by atoms with Gasteiger partial charge in [0.15, 0.2) is 0 Å². The summed E-state index contributed by atoms with van der Waals surface area (Å²) in [4.78, 5) is 7.24. The van der Waals surface area contributed by atoms with E-state index >= 15 is 0 Å². The number of nitrogens with zero attached hydrogens (tertiary/aromatic N) is 2. The Morgan fingerprint density at radius 2 is 2.15 bits per heavy atom. The van der Waals surface area contributed by atoms with Crippen LogP contribution in [0.25, 0.3) is 0 Å². The second kappa shape index (κ2) is 5.51. The maximum absolute atomic E-state index is 10.2. The van der Waals surface area contributed by atoms with E-state index in [0.29, 0.717) is 0 Å². The van der Waals surface area contributed by atoms with E-state index in [-0.39, 0.29) is 35.4 Å². The number of hydrogen-bond donors (Lipinski definition) is 1. The Balaban J connectivity index is 0.00000144. The Morgan fingerprint density at radius 3 is 2.62 bits per heavy atom. The first-order valence-electron chi connectivity index (χ1n) is 2.92. The van der Waals surface area contributed by atoms with Crippen LogP contribution in [0.2, 0.25) is 0 Å². The van der Waals surface area contributed by atoms with E-state index in [4.69, 9.17) is 4.55 Å². The average Bonchev–Trinajstić information content (AvgIpc) is 2.02. The van der Waals surface area contributed by atoms with E-state index in [1.165, 1.54) is 18.6 Å². The SMILES string of the molecule is O=S(=O)(O)COc1cnccn1.[NaH]. The zero-order chi connectivity index (χ0) is 9.03. The summed E-state index contributed by atoms with van der Waals surface area (Å²) >= 11 is 0. The molecule has 0 radical (unpaired) electrons. The Morgan fingerprint density at radius 1 is 1.46 bits per heavy atom. The molecule has 0 aliphatic heterocycles. The number of ether oxygens (including phenoxy) is 1. The summed E-state index contributed by atoms with van der Waals surface area (Å²) in [6.45, 7) is 0. The molecule has 1 heterocycles. The second-order valence-corrected chi connectivity index (χ2v) is 3.29. The van der Waals surface area contributed by atoms with Gasteiger partial charge in [-0.15, -0.1) is 0 Å². The van der Waals surface area contributed by atoms with Crippen molar-refractivity contribution in [3.05, 3.63) is 18.6 Å². The first-order chi connectivity index (χ1) is 5.58. The third kappa shape index (κ3) is 5.94. The van der Waals surface area contributed by atoms with Gasteiger partial charge in [0.1, 0.15) is 0 Å². The van der Waals surface area contributed by atoms with Gasteiger partial charge in [-0.1, -0.05) is 0 Å². The third-order valence-electron chi connectivity index (χ3n) is 0.895. The fraction of sp³-hybridized carbons (Fsp3) is 0.200. The molecule has 1 aromatic heterocycles. The molecule has 68 valence electrons. The Hall–Kier alpha value is -0.210. The van der Waals surface area contributed by atoms with Crippen LogP contribution in [-0.4, -0.2) is 58.4 Å². The number of hydrogen-bond acceptors (Lipinski definition) is 5. The van der Waals surface area contributed by atoms with Crippen LogP contribution in [0, 0.1) is 0 Å². The average molecular weight is 214 g/mol. The van der Waals surface area contributed by atoms with E-state index in [1.807, 2.05) is 0 Å². The molecular formula is C5H7N2NaO4S. The van der Waals surface area contributed by atoms with E-state index in [0.717, 1.165) is 0 Å². The van der Waals surface area contributed by atoms with Crippen molar-refractivity contribution in [2.24, 2.45) is 0 Å². The molecule has 0 atom stereocenters. The topological polar surface area (TPSA) is 89.4 Å². The van der Waals surface area contributed by atoms with Gasteiger partial charge in [-0.25, -0.2) is 4.98 Å². The Bertz CT molecular complexity index is 341. The molecule has 8 heteroatoms. The fourth-order valence-electron chi connectivity index (χ4n) is 0.495.